The van der Waals surface area contributed by atoms with E-state index in [2.05, 4.69) is 5.32 Å². The number of amides is 2. The first-order chi connectivity index (χ1) is 11.4. The number of halogens is 3. The van der Waals surface area contributed by atoms with Gasteiger partial charge >= 0.3 is 12.2 Å². The molecule has 132 valence electrons. The number of benzene rings is 1. The molecule has 1 aliphatic carbocycles. The summed E-state index contributed by atoms with van der Waals surface area (Å²) in [5.41, 5.74) is -0.110. The van der Waals surface area contributed by atoms with Crippen molar-refractivity contribution in [3.05, 3.63) is 35.9 Å². The lowest BCUT2D eigenvalue weighted by Gasteiger charge is -2.48. The monoisotopic (exact) mass is 342 g/mol. The summed E-state index contributed by atoms with van der Waals surface area (Å²) in [4.78, 5) is 13.9. The summed E-state index contributed by atoms with van der Waals surface area (Å²) in [6.45, 7) is 0.849. The minimum atomic E-state index is -4.41. The summed E-state index contributed by atoms with van der Waals surface area (Å²) in [7, 11) is 0. The van der Waals surface area contributed by atoms with Gasteiger partial charge in [0.2, 0.25) is 0 Å². The van der Waals surface area contributed by atoms with E-state index in [1.807, 2.05) is 0 Å². The minimum Gasteiger partial charge on any atom is -0.371 e. The smallest absolute Gasteiger partial charge is 0.371 e. The summed E-state index contributed by atoms with van der Waals surface area (Å²) < 4.78 is 45.6. The molecule has 1 aromatic carbocycles. The van der Waals surface area contributed by atoms with Gasteiger partial charge in [-0.05, 0) is 24.8 Å². The zero-order valence-corrected chi connectivity index (χ0v) is 13.3. The quantitative estimate of drug-likeness (QED) is 0.916. The summed E-state index contributed by atoms with van der Waals surface area (Å²) in [6, 6.07) is 7.22. The molecule has 2 fully saturated rings. The normalized spacial score (nSPS) is 21.2. The van der Waals surface area contributed by atoms with E-state index in [1.165, 1.54) is 12.1 Å². The van der Waals surface area contributed by atoms with Crippen molar-refractivity contribution in [1.82, 2.24) is 10.2 Å². The third kappa shape index (κ3) is 3.66. The number of alkyl halides is 3. The summed E-state index contributed by atoms with van der Waals surface area (Å²) in [6.07, 6.45) is -1.52. The van der Waals surface area contributed by atoms with Crippen LogP contribution in [0.1, 0.15) is 30.7 Å². The highest BCUT2D eigenvalue weighted by Crippen LogP contribution is 2.38. The van der Waals surface area contributed by atoms with Crippen LogP contribution in [-0.2, 0) is 4.74 Å². The van der Waals surface area contributed by atoms with Crippen molar-refractivity contribution in [3.63, 3.8) is 0 Å². The van der Waals surface area contributed by atoms with Crippen LogP contribution in [0.2, 0.25) is 0 Å². The molecule has 2 aliphatic rings. The fraction of sp³-hybridized carbons (Fsp3) is 0.588. The van der Waals surface area contributed by atoms with Gasteiger partial charge in [0.05, 0.1) is 24.7 Å². The van der Waals surface area contributed by atoms with Crippen LogP contribution in [-0.4, -0.2) is 48.9 Å². The van der Waals surface area contributed by atoms with Gasteiger partial charge in [-0.3, -0.25) is 0 Å². The number of nitrogens with one attached hydrogen (secondary N) is 1. The van der Waals surface area contributed by atoms with Crippen molar-refractivity contribution >= 4 is 6.03 Å². The number of hydrogen-bond acceptors (Lipinski definition) is 2. The molecule has 3 rings (SSSR count). The number of carbonyl (C=O) groups excluding carboxylic acids is 1. The van der Waals surface area contributed by atoms with Crippen molar-refractivity contribution in [1.29, 1.82) is 0 Å². The maximum atomic E-state index is 13.3. The standard InChI is InChI=1S/C17H21F3N2O2/c18-17(19,20)14(13-5-2-1-3-6-13)11-21-15(23)22-9-10-24-16(12-22)7-4-8-16/h1-3,5-6,14H,4,7-12H2,(H,21,23). The average Bonchev–Trinajstić information content (AvgIpc) is 2.53. The van der Waals surface area contributed by atoms with E-state index in [0.717, 1.165) is 19.3 Å². The van der Waals surface area contributed by atoms with E-state index in [4.69, 9.17) is 4.74 Å². The molecule has 1 spiro atoms. The fourth-order valence-electron chi connectivity index (χ4n) is 3.30. The Labute approximate surface area is 139 Å². The molecule has 0 radical (unpaired) electrons. The highest BCUT2D eigenvalue weighted by atomic mass is 19.4. The summed E-state index contributed by atoms with van der Waals surface area (Å²) in [5.74, 6) is -1.71. The Morgan fingerprint density at radius 2 is 2.00 bits per heavy atom. The Kier molecular flexibility index (Phi) is 4.71. The Morgan fingerprint density at radius 3 is 2.58 bits per heavy atom. The predicted octanol–water partition coefficient (Wildman–Crippen LogP) is 3.30. The first-order valence-corrected chi connectivity index (χ1v) is 8.18. The van der Waals surface area contributed by atoms with E-state index >= 15 is 0 Å². The van der Waals surface area contributed by atoms with Crippen molar-refractivity contribution in [2.45, 2.75) is 37.0 Å². The van der Waals surface area contributed by atoms with Gasteiger partial charge in [0, 0.05) is 13.1 Å². The maximum Gasteiger partial charge on any atom is 0.397 e. The third-order valence-electron chi connectivity index (χ3n) is 4.85. The second-order valence-corrected chi connectivity index (χ2v) is 6.50. The van der Waals surface area contributed by atoms with Crippen molar-refractivity contribution in [2.24, 2.45) is 0 Å². The number of carbonyl (C=O) groups is 1. The number of hydrogen-bond donors (Lipinski definition) is 1. The van der Waals surface area contributed by atoms with E-state index < -0.39 is 24.7 Å². The lowest BCUT2D eigenvalue weighted by atomic mass is 9.79. The second kappa shape index (κ2) is 6.63. The molecule has 1 unspecified atom stereocenters. The molecule has 1 N–H and O–H groups in total. The molecular weight excluding hydrogens is 321 g/mol. The molecule has 1 saturated carbocycles. The molecule has 1 saturated heterocycles. The van der Waals surface area contributed by atoms with Crippen LogP contribution in [0, 0.1) is 0 Å². The van der Waals surface area contributed by atoms with Crippen LogP contribution in [0.25, 0.3) is 0 Å². The van der Waals surface area contributed by atoms with Gasteiger partial charge in [-0.25, -0.2) is 4.79 Å². The van der Waals surface area contributed by atoms with E-state index in [9.17, 15) is 18.0 Å². The van der Waals surface area contributed by atoms with Crippen LogP contribution >= 0.6 is 0 Å². The number of urea groups is 1. The first kappa shape index (κ1) is 17.1. The number of morpholine rings is 1. The van der Waals surface area contributed by atoms with Crippen molar-refractivity contribution in [2.75, 3.05) is 26.2 Å². The maximum absolute atomic E-state index is 13.3. The predicted molar refractivity (Wildman–Crippen MR) is 82.7 cm³/mol. The van der Waals surface area contributed by atoms with E-state index in [1.54, 1.807) is 23.1 Å². The van der Waals surface area contributed by atoms with Gasteiger partial charge in [0.1, 0.15) is 0 Å². The average molecular weight is 342 g/mol. The van der Waals surface area contributed by atoms with Crippen LogP contribution in [0.3, 0.4) is 0 Å². The van der Waals surface area contributed by atoms with Crippen molar-refractivity contribution in [3.8, 4) is 0 Å². The lowest BCUT2D eigenvalue weighted by molar-refractivity contribution is -0.150. The number of rotatable bonds is 3. The van der Waals surface area contributed by atoms with Gasteiger partial charge in [-0.2, -0.15) is 13.2 Å². The molecule has 2 amide bonds. The lowest BCUT2D eigenvalue weighted by Crippen LogP contribution is -2.59. The zero-order chi connectivity index (χ0) is 17.2. The molecule has 0 bridgehead atoms. The molecular formula is C17H21F3N2O2. The van der Waals surface area contributed by atoms with Gasteiger partial charge in [0.15, 0.2) is 0 Å². The Morgan fingerprint density at radius 1 is 1.29 bits per heavy atom. The number of nitrogens with zero attached hydrogens (tertiary/aromatic N) is 1. The SMILES string of the molecule is O=C(NCC(c1ccccc1)C(F)(F)F)N1CCOC2(CCC2)C1. The second-order valence-electron chi connectivity index (χ2n) is 6.50. The van der Waals surface area contributed by atoms with Gasteiger partial charge < -0.3 is 15.0 Å². The van der Waals surface area contributed by atoms with Crippen LogP contribution in [0.4, 0.5) is 18.0 Å². The number of ether oxygens (including phenoxy) is 1. The van der Waals surface area contributed by atoms with Crippen LogP contribution < -0.4 is 5.32 Å². The highest BCUT2D eigenvalue weighted by molar-refractivity contribution is 5.74. The Bertz CT molecular complexity index is 573. The van der Waals surface area contributed by atoms with E-state index in [-0.39, 0.29) is 11.2 Å². The first-order valence-electron chi connectivity index (χ1n) is 8.18. The summed E-state index contributed by atoms with van der Waals surface area (Å²) in [5, 5.41) is 2.45. The van der Waals surface area contributed by atoms with Crippen LogP contribution in [0.15, 0.2) is 30.3 Å². The largest absolute Gasteiger partial charge is 0.397 e. The molecule has 24 heavy (non-hydrogen) atoms. The third-order valence-corrected chi connectivity index (χ3v) is 4.85. The Balaban J connectivity index is 1.61. The van der Waals surface area contributed by atoms with Gasteiger partial charge in [-0.15, -0.1) is 0 Å². The molecule has 1 aliphatic heterocycles. The molecule has 4 nitrogen and oxygen atoms in total. The fourth-order valence-corrected chi connectivity index (χ4v) is 3.30. The van der Waals surface area contributed by atoms with Crippen LogP contribution in [0.5, 0.6) is 0 Å². The van der Waals surface area contributed by atoms with E-state index in [0.29, 0.717) is 19.7 Å². The van der Waals surface area contributed by atoms with Gasteiger partial charge in [0.25, 0.3) is 0 Å². The topological polar surface area (TPSA) is 41.6 Å². The van der Waals surface area contributed by atoms with Gasteiger partial charge in [-0.1, -0.05) is 30.3 Å². The molecule has 1 heterocycles. The molecule has 7 heteroatoms. The Hall–Kier alpha value is -1.76. The summed E-state index contributed by atoms with van der Waals surface area (Å²) >= 11 is 0. The molecule has 0 aromatic heterocycles. The minimum absolute atomic E-state index is 0.155. The van der Waals surface area contributed by atoms with Crippen molar-refractivity contribution < 1.29 is 22.7 Å². The zero-order valence-electron chi connectivity index (χ0n) is 13.3. The molecule has 1 atom stereocenters. The molecule has 1 aromatic rings. The highest BCUT2D eigenvalue weighted by Gasteiger charge is 2.44.